The Morgan fingerprint density at radius 1 is 1.27 bits per heavy atom. The summed E-state index contributed by atoms with van der Waals surface area (Å²) in [5, 5.41) is 12.3. The van der Waals surface area contributed by atoms with Crippen molar-refractivity contribution in [2.45, 2.75) is 39.5 Å². The molecule has 2 rings (SSSR count). The molecule has 0 bridgehead atoms. The number of hydrogen-bond acceptors (Lipinski definition) is 5. The summed E-state index contributed by atoms with van der Waals surface area (Å²) >= 11 is 1.43. The Morgan fingerprint density at radius 2 is 2.09 bits per heavy atom. The number of benzene rings is 1. The van der Waals surface area contributed by atoms with Crippen LogP contribution in [0, 0.1) is 6.92 Å². The molecule has 1 aromatic carbocycles. The van der Waals surface area contributed by atoms with E-state index in [0.29, 0.717) is 5.13 Å². The van der Waals surface area contributed by atoms with Crippen LogP contribution in [0.2, 0.25) is 0 Å². The molecule has 0 radical (unpaired) electrons. The Morgan fingerprint density at radius 3 is 2.86 bits per heavy atom. The molecule has 1 amide bonds. The minimum Gasteiger partial charge on any atom is -0.483 e. The fourth-order valence-corrected chi connectivity index (χ4v) is 2.75. The lowest BCUT2D eigenvalue weighted by Crippen LogP contribution is -2.20. The molecule has 2 aromatic rings. The van der Waals surface area contributed by atoms with Gasteiger partial charge in [-0.25, -0.2) is 0 Å². The van der Waals surface area contributed by atoms with E-state index < -0.39 is 0 Å². The number of aryl methyl sites for hydroxylation is 2. The molecule has 0 fully saturated rings. The monoisotopic (exact) mass is 319 g/mol. The second-order valence-corrected chi connectivity index (χ2v) is 6.12. The highest BCUT2D eigenvalue weighted by molar-refractivity contribution is 7.15. The summed E-state index contributed by atoms with van der Waals surface area (Å²) in [7, 11) is 0. The summed E-state index contributed by atoms with van der Waals surface area (Å²) in [6, 6.07) is 7.61. The first-order valence-corrected chi connectivity index (χ1v) is 8.31. The van der Waals surface area contributed by atoms with Crippen LogP contribution in [0.15, 0.2) is 24.3 Å². The molecular weight excluding hydrogens is 298 g/mol. The van der Waals surface area contributed by atoms with Crippen molar-refractivity contribution in [3.05, 3.63) is 34.8 Å². The molecule has 1 N–H and O–H groups in total. The van der Waals surface area contributed by atoms with Crippen LogP contribution in [0.1, 0.15) is 36.8 Å². The average Bonchev–Trinajstić information content (AvgIpc) is 2.94. The van der Waals surface area contributed by atoms with Crippen molar-refractivity contribution in [2.24, 2.45) is 0 Å². The normalized spacial score (nSPS) is 10.5. The lowest BCUT2D eigenvalue weighted by molar-refractivity contribution is -0.118. The molecule has 0 unspecified atom stereocenters. The molecule has 0 spiro atoms. The summed E-state index contributed by atoms with van der Waals surface area (Å²) in [6.45, 7) is 4.08. The molecule has 0 saturated heterocycles. The summed E-state index contributed by atoms with van der Waals surface area (Å²) in [5.74, 6) is 0.495. The van der Waals surface area contributed by atoms with E-state index in [0.717, 1.165) is 29.2 Å². The minimum atomic E-state index is -0.223. The quantitative estimate of drug-likeness (QED) is 0.755. The predicted octanol–water partition coefficient (Wildman–Crippen LogP) is 3.60. The summed E-state index contributed by atoms with van der Waals surface area (Å²) in [6.07, 6.45) is 4.39. The molecule has 1 heterocycles. The molecule has 0 aliphatic rings. The van der Waals surface area contributed by atoms with Crippen molar-refractivity contribution in [3.8, 4) is 5.75 Å². The molecule has 0 aliphatic heterocycles. The van der Waals surface area contributed by atoms with E-state index in [-0.39, 0.29) is 12.5 Å². The maximum Gasteiger partial charge on any atom is 0.264 e. The molecule has 0 aliphatic carbocycles. The van der Waals surface area contributed by atoms with Crippen molar-refractivity contribution >= 4 is 22.4 Å². The van der Waals surface area contributed by atoms with Gasteiger partial charge >= 0.3 is 0 Å². The molecule has 0 saturated carbocycles. The van der Waals surface area contributed by atoms with Gasteiger partial charge in [0.25, 0.3) is 5.91 Å². The number of ether oxygens (including phenoxy) is 1. The number of aromatic nitrogens is 2. The lowest BCUT2D eigenvalue weighted by Gasteiger charge is -2.07. The third-order valence-corrected chi connectivity index (χ3v) is 4.06. The van der Waals surface area contributed by atoms with Crippen molar-refractivity contribution < 1.29 is 9.53 Å². The van der Waals surface area contributed by atoms with E-state index in [2.05, 4.69) is 22.4 Å². The van der Waals surface area contributed by atoms with Crippen LogP contribution in [0.5, 0.6) is 5.75 Å². The van der Waals surface area contributed by atoms with E-state index in [1.54, 1.807) is 0 Å². The Kier molecular flexibility index (Phi) is 6.33. The standard InChI is InChI=1S/C16H21N3O2S/c1-3-4-5-10-15-18-19-16(22-15)17-14(20)11-21-13-9-7-6-8-12(13)2/h6-9H,3-5,10-11H2,1-2H3,(H,17,19,20). The van der Waals surface area contributed by atoms with Crippen molar-refractivity contribution in [1.29, 1.82) is 0 Å². The van der Waals surface area contributed by atoms with Crippen LogP contribution in [0.3, 0.4) is 0 Å². The number of nitrogens with zero attached hydrogens (tertiary/aromatic N) is 2. The first-order chi connectivity index (χ1) is 10.7. The van der Waals surface area contributed by atoms with E-state index >= 15 is 0 Å². The Balaban J connectivity index is 1.78. The number of hydrogen-bond donors (Lipinski definition) is 1. The summed E-state index contributed by atoms with van der Waals surface area (Å²) in [5.41, 5.74) is 1.00. The maximum absolute atomic E-state index is 11.9. The number of unbranched alkanes of at least 4 members (excludes halogenated alkanes) is 2. The summed E-state index contributed by atoms with van der Waals surface area (Å²) < 4.78 is 5.50. The Bertz CT molecular complexity index is 613. The molecule has 1 aromatic heterocycles. The largest absolute Gasteiger partial charge is 0.483 e. The second-order valence-electron chi connectivity index (χ2n) is 5.06. The van der Waals surface area contributed by atoms with Crippen LogP contribution in [-0.2, 0) is 11.2 Å². The zero-order valence-corrected chi connectivity index (χ0v) is 13.8. The number of rotatable bonds is 8. The topological polar surface area (TPSA) is 64.1 Å². The number of para-hydroxylation sites is 1. The van der Waals surface area contributed by atoms with Crippen LogP contribution < -0.4 is 10.1 Å². The van der Waals surface area contributed by atoms with Gasteiger partial charge in [-0.3, -0.25) is 10.1 Å². The average molecular weight is 319 g/mol. The van der Waals surface area contributed by atoms with Crippen molar-refractivity contribution in [2.75, 3.05) is 11.9 Å². The number of anilines is 1. The fourth-order valence-electron chi connectivity index (χ4n) is 1.95. The molecule has 5 nitrogen and oxygen atoms in total. The van der Waals surface area contributed by atoms with Gasteiger partial charge in [-0.05, 0) is 25.0 Å². The molecule has 118 valence electrons. The summed E-state index contributed by atoms with van der Waals surface area (Å²) in [4.78, 5) is 11.9. The van der Waals surface area contributed by atoms with Crippen LogP contribution in [0.4, 0.5) is 5.13 Å². The Hall–Kier alpha value is -1.95. The minimum absolute atomic E-state index is 0.0321. The van der Waals surface area contributed by atoms with Gasteiger partial charge in [0.2, 0.25) is 5.13 Å². The van der Waals surface area contributed by atoms with Gasteiger partial charge in [0.1, 0.15) is 10.8 Å². The number of nitrogens with one attached hydrogen (secondary N) is 1. The fraction of sp³-hybridized carbons (Fsp3) is 0.438. The highest BCUT2D eigenvalue weighted by Crippen LogP contribution is 2.18. The van der Waals surface area contributed by atoms with Gasteiger partial charge in [-0.1, -0.05) is 49.3 Å². The third-order valence-electron chi connectivity index (χ3n) is 3.16. The second kappa shape index (κ2) is 8.48. The lowest BCUT2D eigenvalue weighted by atomic mass is 10.2. The Labute approximate surface area is 134 Å². The first-order valence-electron chi connectivity index (χ1n) is 7.49. The van der Waals surface area contributed by atoms with E-state index in [1.807, 2.05) is 31.2 Å². The first kappa shape index (κ1) is 16.4. The van der Waals surface area contributed by atoms with Gasteiger partial charge in [0.15, 0.2) is 6.61 Å². The maximum atomic E-state index is 11.9. The number of carbonyl (C=O) groups is 1. The predicted molar refractivity (Wildman–Crippen MR) is 88.4 cm³/mol. The third kappa shape index (κ3) is 5.11. The van der Waals surface area contributed by atoms with Gasteiger partial charge < -0.3 is 4.74 Å². The molecule has 22 heavy (non-hydrogen) atoms. The molecule has 6 heteroatoms. The molecular formula is C16H21N3O2S. The highest BCUT2D eigenvalue weighted by atomic mass is 32.1. The number of amides is 1. The van der Waals surface area contributed by atoms with Crippen LogP contribution in [-0.4, -0.2) is 22.7 Å². The van der Waals surface area contributed by atoms with Crippen LogP contribution in [0.25, 0.3) is 0 Å². The highest BCUT2D eigenvalue weighted by Gasteiger charge is 2.09. The SMILES string of the molecule is CCCCCc1nnc(NC(=O)COc2ccccc2C)s1. The van der Waals surface area contributed by atoms with Gasteiger partial charge in [-0.15, -0.1) is 10.2 Å². The van der Waals surface area contributed by atoms with E-state index in [1.165, 1.54) is 24.2 Å². The van der Waals surface area contributed by atoms with Gasteiger partial charge in [-0.2, -0.15) is 0 Å². The van der Waals surface area contributed by atoms with Gasteiger partial charge in [0, 0.05) is 6.42 Å². The number of carbonyl (C=O) groups excluding carboxylic acids is 1. The van der Waals surface area contributed by atoms with Crippen molar-refractivity contribution in [1.82, 2.24) is 10.2 Å². The van der Waals surface area contributed by atoms with Crippen LogP contribution >= 0.6 is 11.3 Å². The zero-order valence-electron chi connectivity index (χ0n) is 13.0. The van der Waals surface area contributed by atoms with E-state index in [9.17, 15) is 4.79 Å². The zero-order chi connectivity index (χ0) is 15.8. The smallest absolute Gasteiger partial charge is 0.264 e. The molecule has 0 atom stereocenters. The van der Waals surface area contributed by atoms with Crippen molar-refractivity contribution in [3.63, 3.8) is 0 Å². The van der Waals surface area contributed by atoms with E-state index in [4.69, 9.17) is 4.74 Å². The van der Waals surface area contributed by atoms with Gasteiger partial charge in [0.05, 0.1) is 0 Å².